The number of phenolic OH excluding ortho intramolecular Hbond substituents is 2. The van der Waals surface area contributed by atoms with Crippen molar-refractivity contribution in [1.29, 1.82) is 0 Å². The van der Waals surface area contributed by atoms with Crippen molar-refractivity contribution in [2.24, 2.45) is 4.99 Å². The first-order valence-corrected chi connectivity index (χ1v) is 10.1. The summed E-state index contributed by atoms with van der Waals surface area (Å²) >= 11 is 4.70. The molecule has 1 amide bonds. The fraction of sp³-hybridized carbons (Fsp3) is 0.125. The highest BCUT2D eigenvalue weighted by atomic mass is 32.1. The molecule has 0 aromatic heterocycles. The van der Waals surface area contributed by atoms with Gasteiger partial charge in [0.2, 0.25) is 6.41 Å². The van der Waals surface area contributed by atoms with Crippen LogP contribution in [0.4, 0.5) is 5.69 Å². The molecule has 3 aromatic carbocycles. The average molecular weight is 462 g/mol. The molecule has 0 unspecified atom stereocenters. The zero-order chi connectivity index (χ0) is 23.8. The second-order valence-electron chi connectivity index (χ2n) is 7.54. The Bertz CT molecular complexity index is 1280. The van der Waals surface area contributed by atoms with Crippen molar-refractivity contribution in [1.82, 2.24) is 4.90 Å². The number of thiocarbonyl (C=S) groups is 1. The fourth-order valence-electron chi connectivity index (χ4n) is 3.81. The number of hydrogen-bond acceptors (Lipinski definition) is 8. The molecule has 0 radical (unpaired) electrons. The van der Waals surface area contributed by atoms with Gasteiger partial charge in [-0.25, -0.2) is 4.79 Å². The Morgan fingerprint density at radius 2 is 1.55 bits per heavy atom. The van der Waals surface area contributed by atoms with Gasteiger partial charge in [0.25, 0.3) is 0 Å². The molecular formula is C24H18N2O6S. The number of rotatable bonds is 2. The molecule has 0 fully saturated rings. The van der Waals surface area contributed by atoms with Crippen LogP contribution in [0.3, 0.4) is 0 Å². The van der Waals surface area contributed by atoms with Crippen LogP contribution in [0, 0.1) is 0 Å². The lowest BCUT2D eigenvalue weighted by atomic mass is 9.77. The van der Waals surface area contributed by atoms with Crippen LogP contribution in [0.25, 0.3) is 0 Å². The first-order valence-electron chi connectivity index (χ1n) is 9.72. The predicted molar refractivity (Wildman–Crippen MR) is 122 cm³/mol. The molecule has 2 aliphatic heterocycles. The third-order valence-corrected chi connectivity index (χ3v) is 5.23. The highest BCUT2D eigenvalue weighted by molar-refractivity contribution is 7.78. The predicted octanol–water partition coefficient (Wildman–Crippen LogP) is 4.10. The zero-order valence-corrected chi connectivity index (χ0v) is 18.4. The van der Waals surface area contributed by atoms with Gasteiger partial charge in [-0.1, -0.05) is 0 Å². The molecule has 2 heterocycles. The molecular weight excluding hydrogens is 444 g/mol. The molecule has 2 N–H and O–H groups in total. The smallest absolute Gasteiger partial charge is 0.340 e. The van der Waals surface area contributed by atoms with E-state index in [2.05, 4.69) is 10.2 Å². The van der Waals surface area contributed by atoms with Gasteiger partial charge in [-0.05, 0) is 54.7 Å². The van der Waals surface area contributed by atoms with Crippen molar-refractivity contribution >= 4 is 35.4 Å². The Hall–Kier alpha value is -4.20. The minimum absolute atomic E-state index is 0.00103. The third-order valence-electron chi connectivity index (χ3n) is 5.14. The van der Waals surface area contributed by atoms with Crippen molar-refractivity contribution in [2.45, 2.75) is 5.60 Å². The van der Waals surface area contributed by atoms with Crippen LogP contribution in [-0.2, 0) is 15.1 Å². The van der Waals surface area contributed by atoms with Crippen molar-refractivity contribution < 1.29 is 29.3 Å². The van der Waals surface area contributed by atoms with Crippen LogP contribution < -0.4 is 4.74 Å². The van der Waals surface area contributed by atoms with Gasteiger partial charge in [-0.2, -0.15) is 4.99 Å². The maximum atomic E-state index is 12.7. The maximum Gasteiger partial charge on any atom is 0.340 e. The van der Waals surface area contributed by atoms with Crippen LogP contribution in [0.1, 0.15) is 27.0 Å². The van der Waals surface area contributed by atoms with E-state index in [1.807, 2.05) is 0 Å². The Balaban J connectivity index is 0.000000471. The molecule has 0 bridgehead atoms. The summed E-state index contributed by atoms with van der Waals surface area (Å²) in [6, 6.07) is 14.2. The minimum atomic E-state index is -1.30. The Morgan fingerprint density at radius 1 is 0.970 bits per heavy atom. The average Bonchev–Trinajstić information content (AvgIpc) is 3.06. The largest absolute Gasteiger partial charge is 0.508 e. The quantitative estimate of drug-likeness (QED) is 0.255. The van der Waals surface area contributed by atoms with Gasteiger partial charge in [0.15, 0.2) is 5.60 Å². The second kappa shape index (κ2) is 8.38. The van der Waals surface area contributed by atoms with E-state index in [-0.39, 0.29) is 11.5 Å². The van der Waals surface area contributed by atoms with Crippen molar-refractivity contribution in [3.8, 4) is 23.0 Å². The van der Waals surface area contributed by atoms with Crippen LogP contribution in [0.2, 0.25) is 0 Å². The number of aromatic hydroxyl groups is 2. The lowest BCUT2D eigenvalue weighted by Crippen LogP contribution is -2.32. The van der Waals surface area contributed by atoms with E-state index in [0.717, 1.165) is 6.41 Å². The highest BCUT2D eigenvalue weighted by Gasteiger charge is 2.53. The van der Waals surface area contributed by atoms with E-state index in [1.165, 1.54) is 29.2 Å². The molecule has 33 heavy (non-hydrogen) atoms. The number of fused-ring (bicyclic) bond motifs is 6. The molecule has 9 heteroatoms. The number of phenols is 2. The van der Waals surface area contributed by atoms with E-state index in [4.69, 9.17) is 21.7 Å². The Morgan fingerprint density at radius 3 is 2.06 bits per heavy atom. The first-order chi connectivity index (χ1) is 15.8. The van der Waals surface area contributed by atoms with Gasteiger partial charge in [-0.15, -0.1) is 0 Å². The molecule has 0 saturated carbocycles. The van der Waals surface area contributed by atoms with Crippen LogP contribution in [0.15, 0.2) is 59.6 Å². The molecule has 8 nitrogen and oxygen atoms in total. The molecule has 3 aromatic rings. The normalized spacial score (nSPS) is 13.7. The topological polar surface area (TPSA) is 109 Å². The lowest BCUT2D eigenvalue weighted by molar-refractivity contribution is -0.115. The minimum Gasteiger partial charge on any atom is -0.508 e. The number of ether oxygens (including phenoxy) is 2. The zero-order valence-electron chi connectivity index (χ0n) is 17.6. The lowest BCUT2D eigenvalue weighted by Gasteiger charge is -2.36. The number of isothiocyanates is 1. The number of carbonyl (C=O) groups is 2. The molecule has 0 atom stereocenters. The van der Waals surface area contributed by atoms with Crippen molar-refractivity contribution in [3.05, 3.63) is 76.9 Å². The molecule has 166 valence electrons. The summed E-state index contributed by atoms with van der Waals surface area (Å²) in [5, 5.41) is 22.1. The first kappa shape index (κ1) is 22.0. The van der Waals surface area contributed by atoms with E-state index in [0.29, 0.717) is 39.4 Å². The number of aliphatic imine (C=N–C) groups is 1. The summed E-state index contributed by atoms with van der Waals surface area (Å²) in [7, 11) is 3.38. The van der Waals surface area contributed by atoms with E-state index < -0.39 is 11.6 Å². The number of amides is 1. The van der Waals surface area contributed by atoms with Crippen molar-refractivity contribution in [2.75, 3.05) is 14.1 Å². The van der Waals surface area contributed by atoms with E-state index >= 15 is 0 Å². The number of esters is 1. The second-order valence-corrected chi connectivity index (χ2v) is 7.72. The number of benzene rings is 3. The molecule has 2 aliphatic rings. The van der Waals surface area contributed by atoms with Gasteiger partial charge >= 0.3 is 5.97 Å². The number of hydrogen-bond donors (Lipinski definition) is 2. The summed E-state index contributed by atoms with van der Waals surface area (Å²) in [6.07, 6.45) is 0.750. The molecule has 0 aliphatic carbocycles. The molecule has 5 rings (SSSR count). The standard InChI is InChI=1S/C21H11NO5S.C3H7NO/c23-12-2-5-15-18(8-12)26-19-9-13(24)3-6-16(19)21(15)17-7-11(22-10-28)1-4-14(17)20(25)27-21;1-4(2)3-5/h1-9,23-24H;3H,1-2H3. The third kappa shape index (κ3) is 3.69. The SMILES string of the molecule is CN(C)C=O.O=C1OC2(c3ccc(O)cc3Oc3cc(O)ccc32)c2cc(N=C=S)ccc21. The Labute approximate surface area is 194 Å². The monoisotopic (exact) mass is 462 g/mol. The van der Waals surface area contributed by atoms with Crippen molar-refractivity contribution in [3.63, 3.8) is 0 Å². The summed E-state index contributed by atoms with van der Waals surface area (Å²) in [6.45, 7) is 0. The van der Waals surface area contributed by atoms with Crippen LogP contribution >= 0.6 is 12.2 Å². The van der Waals surface area contributed by atoms with Crippen LogP contribution in [0.5, 0.6) is 23.0 Å². The van der Waals surface area contributed by atoms with Gasteiger partial charge in [-0.3, -0.25) is 4.79 Å². The summed E-state index contributed by atoms with van der Waals surface area (Å²) in [5.41, 5.74) is 1.30. The Kier molecular flexibility index (Phi) is 5.59. The fourth-order valence-corrected chi connectivity index (χ4v) is 3.91. The van der Waals surface area contributed by atoms with Crippen LogP contribution in [-0.4, -0.2) is 46.7 Å². The number of carbonyl (C=O) groups excluding carboxylic acids is 2. The van der Waals surface area contributed by atoms with Gasteiger partial charge < -0.3 is 24.6 Å². The molecule has 1 spiro atoms. The van der Waals surface area contributed by atoms with Gasteiger partial charge in [0, 0.05) is 42.9 Å². The van der Waals surface area contributed by atoms with E-state index in [1.54, 1.807) is 44.4 Å². The van der Waals surface area contributed by atoms with E-state index in [9.17, 15) is 19.8 Å². The summed E-state index contributed by atoms with van der Waals surface area (Å²) in [4.78, 5) is 27.6. The summed E-state index contributed by atoms with van der Waals surface area (Å²) < 4.78 is 11.8. The molecule has 0 saturated heterocycles. The maximum absolute atomic E-state index is 12.7. The summed E-state index contributed by atoms with van der Waals surface area (Å²) in [5.74, 6) is 0.153. The van der Waals surface area contributed by atoms with Gasteiger partial charge in [0.1, 0.15) is 23.0 Å². The number of nitrogens with zero attached hydrogens (tertiary/aromatic N) is 2. The van der Waals surface area contributed by atoms with Gasteiger partial charge in [0.05, 0.1) is 16.4 Å². The highest BCUT2D eigenvalue weighted by Crippen LogP contribution is 2.57.